The molecule has 0 saturated carbocycles. The van der Waals surface area contributed by atoms with E-state index in [1.54, 1.807) is 12.1 Å². The van der Waals surface area contributed by atoms with Gasteiger partial charge in [-0.1, -0.05) is 48.5 Å². The number of phenolic OH excluding ortho intramolecular Hbond substituents is 1. The summed E-state index contributed by atoms with van der Waals surface area (Å²) in [5.74, 6) is 0.311. The van der Waals surface area contributed by atoms with Crippen molar-refractivity contribution in [1.82, 2.24) is 14.7 Å². The fourth-order valence-corrected chi connectivity index (χ4v) is 4.15. The first-order valence-corrected chi connectivity index (χ1v) is 10.7. The van der Waals surface area contributed by atoms with Gasteiger partial charge in [0.05, 0.1) is 11.4 Å². The predicted octanol–water partition coefficient (Wildman–Crippen LogP) is 4.57. The van der Waals surface area contributed by atoms with Gasteiger partial charge in [-0.2, -0.15) is 5.10 Å². The first-order valence-electron chi connectivity index (χ1n) is 10.7. The van der Waals surface area contributed by atoms with Crippen LogP contribution in [0.25, 0.3) is 16.9 Å². The number of piperazine rings is 1. The average molecular weight is 411 g/mol. The zero-order valence-corrected chi connectivity index (χ0v) is 17.4. The predicted molar refractivity (Wildman–Crippen MR) is 125 cm³/mol. The molecule has 1 N–H and O–H groups in total. The van der Waals surface area contributed by atoms with Gasteiger partial charge in [0.1, 0.15) is 5.75 Å². The van der Waals surface area contributed by atoms with E-state index >= 15 is 0 Å². The van der Waals surface area contributed by atoms with Crippen LogP contribution in [0.4, 0.5) is 5.69 Å². The number of nitrogens with zero attached hydrogens (tertiary/aromatic N) is 4. The summed E-state index contributed by atoms with van der Waals surface area (Å²) in [6.07, 6.45) is 2.17. The van der Waals surface area contributed by atoms with Crippen LogP contribution in [0.5, 0.6) is 5.75 Å². The summed E-state index contributed by atoms with van der Waals surface area (Å²) in [6.45, 7) is 4.80. The lowest BCUT2D eigenvalue weighted by molar-refractivity contribution is 0.250. The SMILES string of the molecule is Oc1ccc(N2CCN(Cc3cn(-c4ccccc4)nc3-c3ccccc3)CC2)cc1. The van der Waals surface area contributed by atoms with Crippen LogP contribution in [0.1, 0.15) is 5.56 Å². The molecule has 1 aliphatic rings. The van der Waals surface area contributed by atoms with Crippen LogP contribution in [0, 0.1) is 0 Å². The topological polar surface area (TPSA) is 44.5 Å². The van der Waals surface area contributed by atoms with Crippen molar-refractivity contribution in [2.75, 3.05) is 31.1 Å². The Morgan fingerprint density at radius 3 is 2.03 bits per heavy atom. The number of para-hydroxylation sites is 1. The maximum absolute atomic E-state index is 9.53. The summed E-state index contributed by atoms with van der Waals surface area (Å²) in [6, 6.07) is 28.2. The van der Waals surface area contributed by atoms with E-state index in [1.165, 1.54) is 11.3 Å². The fourth-order valence-electron chi connectivity index (χ4n) is 4.15. The first-order chi connectivity index (χ1) is 15.3. The molecule has 1 fully saturated rings. The van der Waals surface area contributed by atoms with Crippen molar-refractivity contribution < 1.29 is 5.11 Å². The second-order valence-electron chi connectivity index (χ2n) is 7.93. The summed E-state index contributed by atoms with van der Waals surface area (Å²) < 4.78 is 1.99. The molecule has 5 rings (SSSR count). The molecule has 0 spiro atoms. The van der Waals surface area contributed by atoms with Gasteiger partial charge < -0.3 is 10.0 Å². The van der Waals surface area contributed by atoms with Gasteiger partial charge in [-0.15, -0.1) is 0 Å². The van der Waals surface area contributed by atoms with E-state index in [-0.39, 0.29) is 0 Å². The zero-order chi connectivity index (χ0) is 21.0. The monoisotopic (exact) mass is 410 g/mol. The van der Waals surface area contributed by atoms with E-state index < -0.39 is 0 Å². The molecule has 3 aromatic carbocycles. The van der Waals surface area contributed by atoms with Crippen molar-refractivity contribution in [1.29, 1.82) is 0 Å². The third kappa shape index (κ3) is 4.32. The highest BCUT2D eigenvalue weighted by Crippen LogP contribution is 2.26. The summed E-state index contributed by atoms with van der Waals surface area (Å²) >= 11 is 0. The lowest BCUT2D eigenvalue weighted by atomic mass is 10.1. The molecule has 0 amide bonds. The Morgan fingerprint density at radius 1 is 0.710 bits per heavy atom. The van der Waals surface area contributed by atoms with Gasteiger partial charge in [0.15, 0.2) is 0 Å². The van der Waals surface area contributed by atoms with Gasteiger partial charge in [-0.25, -0.2) is 4.68 Å². The number of phenols is 1. The fraction of sp³-hybridized carbons (Fsp3) is 0.192. The molecular weight excluding hydrogens is 384 g/mol. The Kier molecular flexibility index (Phi) is 5.42. The minimum absolute atomic E-state index is 0.311. The highest BCUT2D eigenvalue weighted by atomic mass is 16.3. The summed E-state index contributed by atoms with van der Waals surface area (Å²) in [7, 11) is 0. The summed E-state index contributed by atoms with van der Waals surface area (Å²) in [5.41, 5.74) is 5.68. The smallest absolute Gasteiger partial charge is 0.115 e. The van der Waals surface area contributed by atoms with Crippen LogP contribution in [0.2, 0.25) is 0 Å². The number of aromatic hydroxyl groups is 1. The Balaban J connectivity index is 1.35. The molecule has 0 unspecified atom stereocenters. The normalized spacial score (nSPS) is 14.6. The molecular formula is C26H26N4O. The standard InChI is InChI=1S/C26H26N4O/c31-25-13-11-23(12-14-25)29-17-15-28(16-18-29)19-22-20-30(24-9-5-2-6-10-24)27-26(22)21-7-3-1-4-8-21/h1-14,20,31H,15-19H2. The molecule has 4 aromatic rings. The van der Waals surface area contributed by atoms with Crippen LogP contribution in [0.15, 0.2) is 91.1 Å². The van der Waals surface area contributed by atoms with Crippen molar-refractivity contribution in [2.24, 2.45) is 0 Å². The first kappa shape index (κ1) is 19.4. The minimum atomic E-state index is 0.311. The van der Waals surface area contributed by atoms with Crippen molar-refractivity contribution in [3.05, 3.63) is 96.7 Å². The molecule has 0 bridgehead atoms. The van der Waals surface area contributed by atoms with E-state index in [4.69, 9.17) is 5.10 Å². The lowest BCUT2D eigenvalue weighted by Gasteiger charge is -2.36. The van der Waals surface area contributed by atoms with Crippen LogP contribution in [0.3, 0.4) is 0 Å². The van der Waals surface area contributed by atoms with Gasteiger partial charge >= 0.3 is 0 Å². The molecule has 5 nitrogen and oxygen atoms in total. The second-order valence-corrected chi connectivity index (χ2v) is 7.93. The highest BCUT2D eigenvalue weighted by Gasteiger charge is 2.20. The molecule has 1 saturated heterocycles. The number of anilines is 1. The van der Waals surface area contributed by atoms with Crippen LogP contribution >= 0.6 is 0 Å². The maximum Gasteiger partial charge on any atom is 0.115 e. The van der Waals surface area contributed by atoms with Gasteiger partial charge in [0.25, 0.3) is 0 Å². The molecule has 156 valence electrons. The summed E-state index contributed by atoms with van der Waals surface area (Å²) in [4.78, 5) is 4.87. The van der Waals surface area contributed by atoms with Gasteiger partial charge in [0, 0.05) is 55.7 Å². The largest absolute Gasteiger partial charge is 0.508 e. The van der Waals surface area contributed by atoms with Gasteiger partial charge in [0.2, 0.25) is 0 Å². The van der Waals surface area contributed by atoms with Crippen LogP contribution in [-0.4, -0.2) is 46.0 Å². The van der Waals surface area contributed by atoms with E-state index in [1.807, 2.05) is 41.1 Å². The molecule has 0 radical (unpaired) electrons. The lowest BCUT2D eigenvalue weighted by Crippen LogP contribution is -2.45. The number of rotatable bonds is 5. The van der Waals surface area contributed by atoms with E-state index in [0.717, 1.165) is 49.7 Å². The van der Waals surface area contributed by atoms with E-state index in [0.29, 0.717) is 5.75 Å². The average Bonchev–Trinajstić information content (AvgIpc) is 3.25. The van der Waals surface area contributed by atoms with Crippen molar-refractivity contribution >= 4 is 5.69 Å². The molecule has 1 aliphatic heterocycles. The Morgan fingerprint density at radius 2 is 1.35 bits per heavy atom. The van der Waals surface area contributed by atoms with Gasteiger partial charge in [-0.05, 0) is 36.4 Å². The van der Waals surface area contributed by atoms with Crippen molar-refractivity contribution in [3.63, 3.8) is 0 Å². The van der Waals surface area contributed by atoms with Crippen molar-refractivity contribution in [2.45, 2.75) is 6.54 Å². The number of aromatic nitrogens is 2. The Hall–Kier alpha value is -3.57. The van der Waals surface area contributed by atoms with E-state index in [2.05, 4.69) is 52.4 Å². The number of benzene rings is 3. The third-order valence-corrected chi connectivity index (χ3v) is 5.84. The third-order valence-electron chi connectivity index (χ3n) is 5.84. The quantitative estimate of drug-likeness (QED) is 0.524. The molecule has 31 heavy (non-hydrogen) atoms. The zero-order valence-electron chi connectivity index (χ0n) is 17.4. The van der Waals surface area contributed by atoms with Gasteiger partial charge in [-0.3, -0.25) is 4.90 Å². The van der Waals surface area contributed by atoms with Crippen LogP contribution in [-0.2, 0) is 6.54 Å². The van der Waals surface area contributed by atoms with Crippen LogP contribution < -0.4 is 4.90 Å². The Bertz CT molecular complexity index is 1120. The number of hydrogen-bond donors (Lipinski definition) is 1. The molecule has 1 aromatic heterocycles. The molecule has 0 aliphatic carbocycles. The Labute approximate surface area is 182 Å². The molecule has 2 heterocycles. The summed E-state index contributed by atoms with van der Waals surface area (Å²) in [5, 5.41) is 14.5. The minimum Gasteiger partial charge on any atom is -0.508 e. The highest BCUT2D eigenvalue weighted by molar-refractivity contribution is 5.63. The van der Waals surface area contributed by atoms with E-state index in [9.17, 15) is 5.11 Å². The molecule has 5 heteroatoms. The molecule has 0 atom stereocenters. The second kappa shape index (κ2) is 8.66. The van der Waals surface area contributed by atoms with Crippen molar-refractivity contribution in [3.8, 4) is 22.7 Å². The number of hydrogen-bond acceptors (Lipinski definition) is 4. The maximum atomic E-state index is 9.53.